The van der Waals surface area contributed by atoms with Gasteiger partial charge in [0, 0.05) is 23.7 Å². The van der Waals surface area contributed by atoms with E-state index in [-0.39, 0.29) is 5.78 Å². The first-order valence-corrected chi connectivity index (χ1v) is 7.66. The second kappa shape index (κ2) is 6.18. The molecular formula is C17H15Cl2NO. The van der Waals surface area contributed by atoms with Gasteiger partial charge in [0.2, 0.25) is 0 Å². The van der Waals surface area contributed by atoms with Crippen LogP contribution in [0.2, 0.25) is 10.0 Å². The lowest BCUT2D eigenvalue weighted by Crippen LogP contribution is -2.34. The molecule has 0 saturated heterocycles. The average Bonchev–Trinajstić information content (AvgIpc) is 2.47. The predicted molar refractivity (Wildman–Crippen MR) is 86.2 cm³/mol. The highest BCUT2D eigenvalue weighted by Gasteiger charge is 2.19. The van der Waals surface area contributed by atoms with E-state index in [2.05, 4.69) is 23.1 Å². The smallest absolute Gasteiger partial charge is 0.178 e. The largest absolute Gasteiger partial charge is 0.293 e. The Kier molecular flexibility index (Phi) is 4.29. The number of fused-ring (bicyclic) bond motifs is 1. The number of nitrogens with zero attached hydrogens (tertiary/aromatic N) is 1. The Labute approximate surface area is 134 Å². The third-order valence-electron chi connectivity index (χ3n) is 3.81. The van der Waals surface area contributed by atoms with Crippen LogP contribution in [0.1, 0.15) is 21.5 Å². The summed E-state index contributed by atoms with van der Waals surface area (Å²) in [5.74, 6) is 0.0380. The Hall–Kier alpha value is -1.35. The zero-order valence-corrected chi connectivity index (χ0v) is 13.0. The van der Waals surface area contributed by atoms with Crippen LogP contribution in [-0.4, -0.2) is 23.8 Å². The van der Waals surface area contributed by atoms with Crippen molar-refractivity contribution in [3.63, 3.8) is 0 Å². The molecule has 1 aliphatic rings. The van der Waals surface area contributed by atoms with Crippen LogP contribution in [0.25, 0.3) is 0 Å². The Morgan fingerprint density at radius 3 is 2.62 bits per heavy atom. The molecule has 0 amide bonds. The third-order valence-corrected chi connectivity index (χ3v) is 4.36. The fraction of sp³-hybridized carbons (Fsp3) is 0.235. The van der Waals surface area contributed by atoms with Crippen LogP contribution < -0.4 is 0 Å². The van der Waals surface area contributed by atoms with Crippen LogP contribution in [0.5, 0.6) is 0 Å². The van der Waals surface area contributed by atoms with Gasteiger partial charge in [-0.1, -0.05) is 47.5 Å². The van der Waals surface area contributed by atoms with Crippen LogP contribution in [0.3, 0.4) is 0 Å². The molecule has 0 unspecified atom stereocenters. The zero-order valence-electron chi connectivity index (χ0n) is 11.5. The summed E-state index contributed by atoms with van der Waals surface area (Å²) in [5, 5.41) is 0.966. The summed E-state index contributed by atoms with van der Waals surface area (Å²) >= 11 is 12.0. The summed E-state index contributed by atoms with van der Waals surface area (Å²) in [4.78, 5) is 14.6. The van der Waals surface area contributed by atoms with Crippen molar-refractivity contribution in [3.05, 3.63) is 69.2 Å². The highest BCUT2D eigenvalue weighted by atomic mass is 35.5. The van der Waals surface area contributed by atoms with E-state index in [1.807, 2.05) is 6.07 Å². The van der Waals surface area contributed by atoms with Crippen LogP contribution in [0.15, 0.2) is 42.5 Å². The molecule has 2 aromatic carbocycles. The molecule has 2 aromatic rings. The number of rotatable bonds is 3. The zero-order chi connectivity index (χ0) is 14.8. The van der Waals surface area contributed by atoms with Crippen molar-refractivity contribution in [1.29, 1.82) is 0 Å². The number of ketones is 1. The summed E-state index contributed by atoms with van der Waals surface area (Å²) < 4.78 is 0. The maximum atomic E-state index is 12.4. The van der Waals surface area contributed by atoms with Crippen molar-refractivity contribution in [2.45, 2.75) is 13.0 Å². The SMILES string of the molecule is O=C(CN1CCc2ccccc2C1)c1ccc(Cl)cc1Cl. The standard InChI is InChI=1S/C17H15Cl2NO/c18-14-5-6-15(16(19)9-14)17(21)11-20-8-7-12-3-1-2-4-13(12)10-20/h1-6,9H,7-8,10-11H2. The van der Waals surface area contributed by atoms with Gasteiger partial charge in [-0.3, -0.25) is 9.69 Å². The van der Waals surface area contributed by atoms with Gasteiger partial charge in [-0.15, -0.1) is 0 Å². The Morgan fingerprint density at radius 1 is 1.10 bits per heavy atom. The number of hydrogen-bond acceptors (Lipinski definition) is 2. The quantitative estimate of drug-likeness (QED) is 0.789. The molecule has 2 nitrogen and oxygen atoms in total. The third kappa shape index (κ3) is 3.29. The Bertz CT molecular complexity index is 684. The molecule has 3 rings (SSSR count). The van der Waals surface area contributed by atoms with Crippen molar-refractivity contribution in [2.24, 2.45) is 0 Å². The molecule has 108 valence electrons. The fourth-order valence-electron chi connectivity index (χ4n) is 2.69. The maximum Gasteiger partial charge on any atom is 0.178 e. The van der Waals surface area contributed by atoms with Crippen molar-refractivity contribution >= 4 is 29.0 Å². The van der Waals surface area contributed by atoms with Crippen LogP contribution in [0, 0.1) is 0 Å². The van der Waals surface area contributed by atoms with Crippen molar-refractivity contribution in [2.75, 3.05) is 13.1 Å². The van der Waals surface area contributed by atoms with Gasteiger partial charge >= 0.3 is 0 Å². The lowest BCUT2D eigenvalue weighted by Gasteiger charge is -2.28. The predicted octanol–water partition coefficient (Wildman–Crippen LogP) is 4.23. The highest BCUT2D eigenvalue weighted by Crippen LogP contribution is 2.23. The van der Waals surface area contributed by atoms with Gasteiger partial charge in [0.15, 0.2) is 5.78 Å². The molecule has 1 aliphatic heterocycles. The van der Waals surface area contributed by atoms with Crippen LogP contribution in [0.4, 0.5) is 0 Å². The molecule has 0 aromatic heterocycles. The van der Waals surface area contributed by atoms with Crippen molar-refractivity contribution in [1.82, 2.24) is 4.90 Å². The molecule has 0 fully saturated rings. The first-order valence-electron chi connectivity index (χ1n) is 6.91. The highest BCUT2D eigenvalue weighted by molar-refractivity contribution is 6.36. The molecule has 0 saturated carbocycles. The summed E-state index contributed by atoms with van der Waals surface area (Å²) in [6.45, 7) is 2.09. The van der Waals surface area contributed by atoms with E-state index in [0.717, 1.165) is 19.5 Å². The summed E-state index contributed by atoms with van der Waals surface area (Å²) in [7, 11) is 0. The van der Waals surface area contributed by atoms with Gasteiger partial charge in [-0.25, -0.2) is 0 Å². The number of Topliss-reactive ketones (excluding diaryl/α,β-unsaturated/α-hetero) is 1. The van der Waals surface area contributed by atoms with E-state index in [9.17, 15) is 4.79 Å². The normalized spacial score (nSPS) is 14.8. The molecule has 0 N–H and O–H groups in total. The average molecular weight is 320 g/mol. The summed E-state index contributed by atoms with van der Waals surface area (Å²) in [5.41, 5.74) is 3.23. The fourth-order valence-corrected chi connectivity index (χ4v) is 3.21. The van der Waals surface area contributed by atoms with E-state index in [1.54, 1.807) is 18.2 Å². The second-order valence-electron chi connectivity index (χ2n) is 5.28. The first-order chi connectivity index (χ1) is 10.1. The molecule has 0 spiro atoms. The molecule has 1 heterocycles. The monoisotopic (exact) mass is 319 g/mol. The van der Waals surface area contributed by atoms with E-state index in [4.69, 9.17) is 23.2 Å². The second-order valence-corrected chi connectivity index (χ2v) is 6.12. The molecular weight excluding hydrogens is 305 g/mol. The number of hydrogen-bond donors (Lipinski definition) is 0. The van der Waals surface area contributed by atoms with E-state index >= 15 is 0 Å². The number of halogens is 2. The summed E-state index contributed by atoms with van der Waals surface area (Å²) in [6.07, 6.45) is 0.984. The number of carbonyl (C=O) groups is 1. The minimum atomic E-state index is 0.0380. The molecule has 0 aliphatic carbocycles. The van der Waals surface area contributed by atoms with E-state index < -0.39 is 0 Å². The van der Waals surface area contributed by atoms with Gasteiger partial charge in [0.05, 0.1) is 11.6 Å². The summed E-state index contributed by atoms with van der Waals surface area (Å²) in [6, 6.07) is 13.4. The Balaban J connectivity index is 1.71. The van der Waals surface area contributed by atoms with Crippen molar-refractivity contribution < 1.29 is 4.79 Å². The van der Waals surface area contributed by atoms with Crippen LogP contribution in [-0.2, 0) is 13.0 Å². The Morgan fingerprint density at radius 2 is 1.86 bits per heavy atom. The number of benzene rings is 2. The molecule has 21 heavy (non-hydrogen) atoms. The van der Waals surface area contributed by atoms with Gasteiger partial charge < -0.3 is 0 Å². The molecule has 4 heteroatoms. The first kappa shape index (κ1) is 14.6. The van der Waals surface area contributed by atoms with Gasteiger partial charge in [0.1, 0.15) is 0 Å². The minimum Gasteiger partial charge on any atom is -0.293 e. The topological polar surface area (TPSA) is 20.3 Å². The lowest BCUT2D eigenvalue weighted by molar-refractivity contribution is 0.0921. The van der Waals surface area contributed by atoms with Gasteiger partial charge in [0.25, 0.3) is 0 Å². The number of carbonyl (C=O) groups excluding carboxylic acids is 1. The van der Waals surface area contributed by atoms with Crippen LogP contribution >= 0.6 is 23.2 Å². The lowest BCUT2D eigenvalue weighted by atomic mass is 9.99. The molecule has 0 atom stereocenters. The maximum absolute atomic E-state index is 12.4. The van der Waals surface area contributed by atoms with Gasteiger partial charge in [-0.2, -0.15) is 0 Å². The molecule has 0 bridgehead atoms. The minimum absolute atomic E-state index is 0.0380. The van der Waals surface area contributed by atoms with E-state index in [1.165, 1.54) is 11.1 Å². The van der Waals surface area contributed by atoms with Crippen molar-refractivity contribution in [3.8, 4) is 0 Å². The van der Waals surface area contributed by atoms with Gasteiger partial charge in [-0.05, 0) is 35.7 Å². The van der Waals surface area contributed by atoms with E-state index in [0.29, 0.717) is 22.2 Å². The molecule has 0 radical (unpaired) electrons.